The largest absolute Gasteiger partial charge is 0.481 e. The first-order chi connectivity index (χ1) is 37.7. The monoisotopic (exact) mass is 1100 g/mol. The molecule has 5 atom stereocenters. The van der Waals surface area contributed by atoms with Crippen LogP contribution in [-0.2, 0) is 49.6 Å². The number of aliphatic carboxylic acids is 6. The van der Waals surface area contributed by atoms with Gasteiger partial charge in [0.2, 0.25) is 17.7 Å². The summed E-state index contributed by atoms with van der Waals surface area (Å²) >= 11 is 0. The molecule has 3 fully saturated rings. The quantitative estimate of drug-likeness (QED) is 0.0491. The topological polar surface area (TPSA) is 365 Å². The molecule has 0 radical (unpaired) electrons. The van der Waals surface area contributed by atoms with E-state index in [4.69, 9.17) is 5.11 Å². The third-order valence-corrected chi connectivity index (χ3v) is 15.1. The molecule has 1 aliphatic heterocycles. The lowest BCUT2D eigenvalue weighted by Crippen LogP contribution is -2.51. The van der Waals surface area contributed by atoms with E-state index in [1.165, 1.54) is 0 Å². The fraction of sp³-hybridized carbons (Fsp3) is 0.556. The first kappa shape index (κ1) is 60.7. The van der Waals surface area contributed by atoms with E-state index in [1.54, 1.807) is 14.7 Å². The van der Waals surface area contributed by atoms with E-state index in [2.05, 4.69) is 32.7 Å². The molecule has 3 aromatic rings. The van der Waals surface area contributed by atoms with Gasteiger partial charge in [-0.2, -0.15) is 0 Å². The highest BCUT2D eigenvalue weighted by molar-refractivity contribution is 6.03. The van der Waals surface area contributed by atoms with E-state index in [0.29, 0.717) is 51.7 Å². The maximum absolute atomic E-state index is 14.3. The van der Waals surface area contributed by atoms with Gasteiger partial charge in [-0.05, 0) is 95.9 Å². The van der Waals surface area contributed by atoms with Gasteiger partial charge in [0.25, 0.3) is 0 Å². The average molecular weight is 1100 g/mol. The lowest BCUT2D eigenvalue weighted by Gasteiger charge is -2.33. The number of carboxylic acid groups (broad SMARTS) is 6. The second kappa shape index (κ2) is 29.5. The van der Waals surface area contributed by atoms with Crippen molar-refractivity contribution in [2.24, 2.45) is 23.7 Å². The van der Waals surface area contributed by atoms with Gasteiger partial charge in [0.05, 0.1) is 26.2 Å². The molecule has 2 saturated carbocycles. The summed E-state index contributed by atoms with van der Waals surface area (Å²) in [6.45, 7) is 1.74. The molecule has 2 aliphatic carbocycles. The van der Waals surface area contributed by atoms with Gasteiger partial charge in [0.1, 0.15) is 18.1 Å². The highest BCUT2D eigenvalue weighted by Crippen LogP contribution is 2.41. The summed E-state index contributed by atoms with van der Waals surface area (Å²) in [5, 5.41) is 74.1. The minimum atomic E-state index is -1.56. The summed E-state index contributed by atoms with van der Waals surface area (Å²) in [6.07, 6.45) is 1.92. The average Bonchev–Trinajstić information content (AvgIpc) is 4.25. The molecule has 5 amide bonds. The molecule has 430 valence electrons. The van der Waals surface area contributed by atoms with E-state index in [9.17, 15) is 73.5 Å². The van der Waals surface area contributed by atoms with Crippen molar-refractivity contribution in [2.45, 2.75) is 75.9 Å². The molecule has 0 aromatic heterocycles. The number of nitrogens with zero attached hydrogens (tertiary/aromatic N) is 4. The van der Waals surface area contributed by atoms with Gasteiger partial charge in [-0.1, -0.05) is 48.5 Å². The summed E-state index contributed by atoms with van der Waals surface area (Å²) in [5.74, 6) is -9.04. The summed E-state index contributed by atoms with van der Waals surface area (Å²) in [5.41, 5.74) is 0.867. The third-order valence-electron chi connectivity index (χ3n) is 15.1. The summed E-state index contributed by atoms with van der Waals surface area (Å²) < 4.78 is 0. The van der Waals surface area contributed by atoms with Crippen LogP contribution in [0.4, 0.5) is 4.79 Å². The van der Waals surface area contributed by atoms with Gasteiger partial charge in [-0.25, -0.2) is 14.4 Å². The Balaban J connectivity index is 1.05. The molecule has 0 spiro atoms. The minimum Gasteiger partial charge on any atom is -0.481 e. The molecule has 0 bridgehead atoms. The number of benzene rings is 3. The smallest absolute Gasteiger partial charge is 0.326 e. The number of carbonyl (C=O) groups excluding carboxylic acids is 4. The first-order valence-electron chi connectivity index (χ1n) is 26.7. The Labute approximate surface area is 456 Å². The van der Waals surface area contributed by atoms with E-state index in [0.717, 1.165) is 27.1 Å². The lowest BCUT2D eigenvalue weighted by molar-refractivity contribution is -0.141. The van der Waals surface area contributed by atoms with Crippen LogP contribution in [0.3, 0.4) is 0 Å². The van der Waals surface area contributed by atoms with Gasteiger partial charge in [-0.15, -0.1) is 0 Å². The maximum atomic E-state index is 14.3. The van der Waals surface area contributed by atoms with E-state index < -0.39 is 84.6 Å². The SMILES string of the molecule is O=C(O)CC[C@H](NC(=O)N[C@@H](C[C@H]1C[C@@H]1CNC(=O)[C@H](Cc1c2ccccc2cc2ccccc12)NC(=O)[C@H]1CC[C@H](CNC(=O)CN2CCN(CC(=O)O)CCN(CC(=O)O)CCN(CC(=O)O)CC2)CC1)C(=O)O)C(=O)O. The van der Waals surface area contributed by atoms with E-state index >= 15 is 0 Å². The summed E-state index contributed by atoms with van der Waals surface area (Å²) in [6, 6.07) is 12.6. The van der Waals surface area contributed by atoms with Crippen molar-refractivity contribution in [1.29, 1.82) is 0 Å². The molecular weight excluding hydrogens is 1030 g/mol. The minimum absolute atomic E-state index is 0.0216. The zero-order chi connectivity index (χ0) is 57.2. The van der Waals surface area contributed by atoms with Crippen molar-refractivity contribution in [3.8, 4) is 0 Å². The highest BCUT2D eigenvalue weighted by Gasteiger charge is 2.41. The zero-order valence-electron chi connectivity index (χ0n) is 44.1. The molecule has 0 unspecified atom stereocenters. The van der Waals surface area contributed by atoms with Crippen LogP contribution in [0, 0.1) is 23.7 Å². The summed E-state index contributed by atoms with van der Waals surface area (Å²) in [4.78, 5) is 131. The Hall–Kier alpha value is -7.48. The molecular formula is C54H73N9O16. The van der Waals surface area contributed by atoms with Crippen LogP contribution in [0.15, 0.2) is 54.6 Å². The molecule has 25 nitrogen and oxygen atoms in total. The number of nitrogens with one attached hydrogen (secondary N) is 5. The van der Waals surface area contributed by atoms with Crippen LogP contribution in [-0.4, -0.2) is 220 Å². The predicted octanol–water partition coefficient (Wildman–Crippen LogP) is 0.631. The summed E-state index contributed by atoms with van der Waals surface area (Å²) in [7, 11) is 0. The van der Waals surface area contributed by atoms with E-state index in [1.807, 2.05) is 53.4 Å². The molecule has 6 rings (SSSR count). The number of rotatable bonds is 26. The number of hydrogen-bond acceptors (Lipinski definition) is 14. The molecule has 79 heavy (non-hydrogen) atoms. The van der Waals surface area contributed by atoms with Gasteiger partial charge < -0.3 is 57.2 Å². The first-order valence-corrected chi connectivity index (χ1v) is 26.7. The van der Waals surface area contributed by atoms with Crippen molar-refractivity contribution in [3.63, 3.8) is 0 Å². The Morgan fingerprint density at radius 1 is 0.519 bits per heavy atom. The van der Waals surface area contributed by atoms with Crippen molar-refractivity contribution in [2.75, 3.05) is 91.6 Å². The standard InChI is InChI=1S/C54H73N9O16/c64-45(29-60-15-17-61(30-47(67)68)19-21-63(32-49(71)72)22-20-62(18-16-60)31-48(69)70)55-27-33-9-11-34(12-10-33)50(73)57-43(26-41-39-7-3-1-5-35(39)23-36-6-2-4-8-40(36)41)51(74)56-28-38-24-37(38)25-44(53(77)78)59-54(79)58-42(52(75)76)13-14-46(65)66/h1-8,23,33-34,37-38,42-44H,9-22,24-32H2,(H,55,64)(H,56,74)(H,57,73)(H,65,66)(H,67,68)(H,69,70)(H,71,72)(H,75,76)(H,77,78)(H2,58,59,79)/t33-,34-,37-,38-,42+,43+,44+/m1/s1. The fourth-order valence-corrected chi connectivity index (χ4v) is 10.6. The van der Waals surface area contributed by atoms with Crippen LogP contribution < -0.4 is 26.6 Å². The van der Waals surface area contributed by atoms with Crippen LogP contribution in [0.1, 0.15) is 56.9 Å². The number of carboxylic acids is 6. The van der Waals surface area contributed by atoms with Gasteiger partial charge >= 0.3 is 41.8 Å². The number of urea groups is 1. The third kappa shape index (κ3) is 19.7. The predicted molar refractivity (Wildman–Crippen MR) is 285 cm³/mol. The number of amides is 5. The normalized spacial score (nSPS) is 21.0. The number of fused-ring (bicyclic) bond motifs is 2. The fourth-order valence-electron chi connectivity index (χ4n) is 10.6. The maximum Gasteiger partial charge on any atom is 0.326 e. The van der Waals surface area contributed by atoms with E-state index in [-0.39, 0.29) is 114 Å². The van der Waals surface area contributed by atoms with Gasteiger partial charge in [-0.3, -0.25) is 53.2 Å². The van der Waals surface area contributed by atoms with Crippen LogP contribution in [0.25, 0.3) is 21.5 Å². The highest BCUT2D eigenvalue weighted by atomic mass is 16.4. The second-order valence-corrected chi connectivity index (χ2v) is 20.9. The van der Waals surface area contributed by atoms with Crippen LogP contribution >= 0.6 is 0 Å². The molecule has 11 N–H and O–H groups in total. The molecule has 3 aromatic carbocycles. The Morgan fingerprint density at radius 2 is 1.00 bits per heavy atom. The zero-order valence-corrected chi connectivity index (χ0v) is 44.1. The molecule has 1 saturated heterocycles. The van der Waals surface area contributed by atoms with Crippen LogP contribution in [0.5, 0.6) is 0 Å². The molecule has 1 heterocycles. The number of carbonyl (C=O) groups is 10. The van der Waals surface area contributed by atoms with Crippen molar-refractivity contribution >= 4 is 81.1 Å². The second-order valence-electron chi connectivity index (χ2n) is 20.9. The van der Waals surface area contributed by atoms with Gasteiger partial charge in [0, 0.05) is 84.2 Å². The van der Waals surface area contributed by atoms with Crippen molar-refractivity contribution in [1.82, 2.24) is 46.2 Å². The van der Waals surface area contributed by atoms with Crippen LogP contribution in [0.2, 0.25) is 0 Å². The Bertz CT molecular complexity index is 2600. The van der Waals surface area contributed by atoms with Crippen molar-refractivity contribution < 1.29 is 78.6 Å². The lowest BCUT2D eigenvalue weighted by atomic mass is 9.81. The Kier molecular flexibility index (Phi) is 22.7. The van der Waals surface area contributed by atoms with Gasteiger partial charge in [0.15, 0.2) is 0 Å². The Morgan fingerprint density at radius 3 is 1.48 bits per heavy atom. The number of hydrogen-bond donors (Lipinski definition) is 11. The molecule has 3 aliphatic rings. The van der Waals surface area contributed by atoms with Crippen molar-refractivity contribution in [3.05, 3.63) is 60.2 Å². The molecule has 25 heteroatoms.